The maximum absolute atomic E-state index is 6.16. The van der Waals surface area contributed by atoms with Gasteiger partial charge in [0.2, 0.25) is 0 Å². The third-order valence-electron chi connectivity index (χ3n) is 3.48. The highest BCUT2D eigenvalue weighted by molar-refractivity contribution is 6.44. The summed E-state index contributed by atoms with van der Waals surface area (Å²) in [4.78, 5) is 0. The Balaban J connectivity index is 1.96. The zero-order valence-corrected chi connectivity index (χ0v) is 12.3. The van der Waals surface area contributed by atoms with E-state index in [-0.39, 0.29) is 0 Å². The van der Waals surface area contributed by atoms with Crippen LogP contribution in [0.5, 0.6) is 0 Å². The van der Waals surface area contributed by atoms with Crippen LogP contribution < -0.4 is 11.1 Å². The molecule has 0 bridgehead atoms. The lowest BCUT2D eigenvalue weighted by atomic mass is 9.92. The minimum absolute atomic E-state index is 0.362. The molecule has 3 N–H and O–H groups in total. The van der Waals surface area contributed by atoms with Crippen molar-refractivity contribution in [2.75, 3.05) is 0 Å². The Hall–Kier alpha value is 0.01000. The molecule has 0 heterocycles. The van der Waals surface area contributed by atoms with Crippen molar-refractivity contribution in [2.45, 2.75) is 44.3 Å². The minimum atomic E-state index is 0.362. The highest BCUT2D eigenvalue weighted by atomic mass is 35.5. The lowest BCUT2D eigenvalue weighted by molar-refractivity contribution is 0.342. The second kappa shape index (κ2) is 6.44. The molecule has 1 aromatic rings. The summed E-state index contributed by atoms with van der Waals surface area (Å²) in [7, 11) is 0. The molecule has 2 rings (SSSR count). The van der Waals surface area contributed by atoms with E-state index >= 15 is 0 Å². The predicted octanol–water partition coefficient (Wildman–Crippen LogP) is 4.01. The van der Waals surface area contributed by atoms with Crippen LogP contribution >= 0.6 is 34.8 Å². The first-order chi connectivity index (χ1) is 8.58. The van der Waals surface area contributed by atoms with Crippen molar-refractivity contribution in [1.29, 1.82) is 0 Å². The molecule has 0 atom stereocenters. The van der Waals surface area contributed by atoms with E-state index in [0.717, 1.165) is 31.2 Å². The van der Waals surface area contributed by atoms with Crippen molar-refractivity contribution < 1.29 is 0 Å². The fourth-order valence-corrected chi connectivity index (χ4v) is 2.98. The van der Waals surface area contributed by atoms with Gasteiger partial charge in [-0.25, -0.2) is 0 Å². The van der Waals surface area contributed by atoms with Gasteiger partial charge in [-0.3, -0.25) is 0 Å². The fourth-order valence-electron chi connectivity index (χ4n) is 2.30. The molecule has 0 aliphatic heterocycles. The molecular weight excluding hydrogens is 291 g/mol. The molecule has 1 aliphatic rings. The van der Waals surface area contributed by atoms with E-state index in [1.807, 2.05) is 0 Å². The summed E-state index contributed by atoms with van der Waals surface area (Å²) in [6.07, 6.45) is 4.37. The van der Waals surface area contributed by atoms with Crippen molar-refractivity contribution in [3.8, 4) is 0 Å². The number of rotatable bonds is 3. The zero-order valence-electron chi connectivity index (χ0n) is 10.1. The molecule has 5 heteroatoms. The molecule has 1 aromatic carbocycles. The molecular formula is C13H17Cl3N2. The minimum Gasteiger partial charge on any atom is -0.328 e. The number of nitrogens with one attached hydrogen (secondary N) is 1. The zero-order chi connectivity index (χ0) is 13.1. The number of benzene rings is 1. The number of halogens is 3. The van der Waals surface area contributed by atoms with Crippen LogP contribution in [-0.4, -0.2) is 12.1 Å². The van der Waals surface area contributed by atoms with E-state index in [9.17, 15) is 0 Å². The van der Waals surface area contributed by atoms with E-state index in [1.54, 1.807) is 12.1 Å². The maximum Gasteiger partial charge on any atom is 0.0652 e. The molecule has 0 spiro atoms. The predicted molar refractivity (Wildman–Crippen MR) is 78.5 cm³/mol. The van der Waals surface area contributed by atoms with Crippen LogP contribution in [0.1, 0.15) is 31.2 Å². The van der Waals surface area contributed by atoms with Gasteiger partial charge in [0, 0.05) is 29.2 Å². The third kappa shape index (κ3) is 3.52. The van der Waals surface area contributed by atoms with Crippen LogP contribution in [0.4, 0.5) is 0 Å². The highest BCUT2D eigenvalue weighted by Crippen LogP contribution is 2.31. The highest BCUT2D eigenvalue weighted by Gasteiger charge is 2.19. The van der Waals surface area contributed by atoms with Gasteiger partial charge in [-0.05, 0) is 37.8 Å². The van der Waals surface area contributed by atoms with Crippen LogP contribution in [0.15, 0.2) is 12.1 Å². The molecule has 1 fully saturated rings. The van der Waals surface area contributed by atoms with Gasteiger partial charge in [-0.1, -0.05) is 34.8 Å². The van der Waals surface area contributed by atoms with E-state index < -0.39 is 0 Å². The summed E-state index contributed by atoms with van der Waals surface area (Å²) in [5, 5.41) is 5.23. The second-order valence-corrected chi connectivity index (χ2v) is 6.01. The van der Waals surface area contributed by atoms with E-state index in [2.05, 4.69) is 5.32 Å². The van der Waals surface area contributed by atoms with Crippen LogP contribution in [0, 0.1) is 0 Å². The van der Waals surface area contributed by atoms with E-state index in [4.69, 9.17) is 40.5 Å². The molecule has 0 saturated heterocycles. The van der Waals surface area contributed by atoms with Crippen LogP contribution in [0.3, 0.4) is 0 Å². The number of nitrogens with two attached hydrogens (primary N) is 1. The quantitative estimate of drug-likeness (QED) is 0.828. The van der Waals surface area contributed by atoms with Gasteiger partial charge < -0.3 is 11.1 Å². The Morgan fingerprint density at radius 3 is 2.33 bits per heavy atom. The van der Waals surface area contributed by atoms with E-state index in [0.29, 0.717) is 33.7 Å². The van der Waals surface area contributed by atoms with Crippen molar-refractivity contribution in [1.82, 2.24) is 5.32 Å². The Bertz CT molecular complexity index is 415. The monoisotopic (exact) mass is 306 g/mol. The summed E-state index contributed by atoms with van der Waals surface area (Å²) in [6.45, 7) is 0.651. The standard InChI is InChI=1S/C13H17Cl3N2/c14-11-5-6-12(15)13(16)10(11)7-18-9-3-1-8(17)2-4-9/h5-6,8-9,18H,1-4,7,17H2. The van der Waals surface area contributed by atoms with Crippen molar-refractivity contribution in [2.24, 2.45) is 5.73 Å². The Labute approximate surface area is 123 Å². The van der Waals surface area contributed by atoms with Gasteiger partial charge in [-0.15, -0.1) is 0 Å². The van der Waals surface area contributed by atoms with Crippen LogP contribution in [0.25, 0.3) is 0 Å². The molecule has 1 saturated carbocycles. The molecule has 0 aromatic heterocycles. The van der Waals surface area contributed by atoms with Crippen molar-refractivity contribution >= 4 is 34.8 Å². The maximum atomic E-state index is 6.16. The summed E-state index contributed by atoms with van der Waals surface area (Å²) in [5.74, 6) is 0. The van der Waals surface area contributed by atoms with Crippen LogP contribution in [0.2, 0.25) is 15.1 Å². The summed E-state index contributed by atoms with van der Waals surface area (Å²) < 4.78 is 0. The lowest BCUT2D eigenvalue weighted by Crippen LogP contribution is -2.37. The lowest BCUT2D eigenvalue weighted by Gasteiger charge is -2.27. The molecule has 1 aliphatic carbocycles. The second-order valence-electron chi connectivity index (χ2n) is 4.81. The van der Waals surface area contributed by atoms with Gasteiger partial charge in [0.05, 0.1) is 10.0 Å². The van der Waals surface area contributed by atoms with Gasteiger partial charge in [-0.2, -0.15) is 0 Å². The molecule has 0 radical (unpaired) electrons. The summed E-state index contributed by atoms with van der Waals surface area (Å²) >= 11 is 18.3. The van der Waals surface area contributed by atoms with Gasteiger partial charge in [0.25, 0.3) is 0 Å². The van der Waals surface area contributed by atoms with Crippen LogP contribution in [-0.2, 0) is 6.54 Å². The van der Waals surface area contributed by atoms with Crippen molar-refractivity contribution in [3.63, 3.8) is 0 Å². The molecule has 2 nitrogen and oxygen atoms in total. The first-order valence-electron chi connectivity index (χ1n) is 6.19. The topological polar surface area (TPSA) is 38.0 Å². The van der Waals surface area contributed by atoms with Crippen molar-refractivity contribution in [3.05, 3.63) is 32.8 Å². The average molecular weight is 308 g/mol. The SMILES string of the molecule is NC1CCC(NCc2c(Cl)ccc(Cl)c2Cl)CC1. The Morgan fingerprint density at radius 2 is 1.67 bits per heavy atom. The Kier molecular flexibility index (Phi) is 5.16. The third-order valence-corrected chi connectivity index (χ3v) is 4.68. The number of hydrogen-bond acceptors (Lipinski definition) is 2. The largest absolute Gasteiger partial charge is 0.328 e. The Morgan fingerprint density at radius 1 is 1.06 bits per heavy atom. The molecule has 0 unspecified atom stereocenters. The number of hydrogen-bond donors (Lipinski definition) is 2. The molecule has 18 heavy (non-hydrogen) atoms. The first-order valence-corrected chi connectivity index (χ1v) is 7.32. The normalized spacial score (nSPS) is 24.2. The molecule has 0 amide bonds. The van der Waals surface area contributed by atoms with Gasteiger partial charge in [0.15, 0.2) is 0 Å². The average Bonchev–Trinajstić information content (AvgIpc) is 2.36. The summed E-state index contributed by atoms with van der Waals surface area (Å²) in [6, 6.07) is 4.36. The smallest absolute Gasteiger partial charge is 0.0652 e. The molecule has 100 valence electrons. The van der Waals surface area contributed by atoms with Gasteiger partial charge >= 0.3 is 0 Å². The van der Waals surface area contributed by atoms with E-state index in [1.165, 1.54) is 0 Å². The summed E-state index contributed by atoms with van der Waals surface area (Å²) in [5.41, 5.74) is 6.76. The fraction of sp³-hybridized carbons (Fsp3) is 0.538. The first kappa shape index (κ1) is 14.4. The van der Waals surface area contributed by atoms with Gasteiger partial charge in [0.1, 0.15) is 0 Å².